The first-order valence-electron chi connectivity index (χ1n) is 7.58. The number of nitrogens with one attached hydrogen (secondary N) is 2. The normalized spacial score (nSPS) is 16.9. The first-order valence-corrected chi connectivity index (χ1v) is 7.58. The molecule has 1 aromatic carbocycles. The van der Waals surface area contributed by atoms with Crippen molar-refractivity contribution in [1.82, 2.24) is 15.5 Å². The summed E-state index contributed by atoms with van der Waals surface area (Å²) in [5.41, 5.74) is 0.913. The van der Waals surface area contributed by atoms with Crippen molar-refractivity contribution in [2.24, 2.45) is 0 Å². The fourth-order valence-corrected chi connectivity index (χ4v) is 2.62. The second-order valence-corrected chi connectivity index (χ2v) is 5.42. The molecule has 0 aromatic heterocycles. The number of ether oxygens (including phenoxy) is 2. The molecule has 0 spiro atoms. The van der Waals surface area contributed by atoms with Crippen molar-refractivity contribution in [2.75, 3.05) is 46.9 Å². The summed E-state index contributed by atoms with van der Waals surface area (Å²) < 4.78 is 10.6. The van der Waals surface area contributed by atoms with Crippen LogP contribution in [0.3, 0.4) is 0 Å². The SMILES string of the molecule is COc1ccc(OC)c(C(C)NC(=O)CN2CCNCC2)c1. The molecule has 0 bridgehead atoms. The summed E-state index contributed by atoms with van der Waals surface area (Å²) in [5.74, 6) is 1.52. The van der Waals surface area contributed by atoms with Gasteiger partial charge < -0.3 is 20.1 Å². The van der Waals surface area contributed by atoms with Crippen molar-refractivity contribution in [1.29, 1.82) is 0 Å². The summed E-state index contributed by atoms with van der Waals surface area (Å²) >= 11 is 0. The highest BCUT2D eigenvalue weighted by molar-refractivity contribution is 5.78. The Bertz CT molecular complexity index is 501. The lowest BCUT2D eigenvalue weighted by molar-refractivity contribution is -0.123. The maximum atomic E-state index is 12.2. The van der Waals surface area contributed by atoms with Crippen LogP contribution in [0.25, 0.3) is 0 Å². The Morgan fingerprint density at radius 2 is 2.05 bits per heavy atom. The lowest BCUT2D eigenvalue weighted by Crippen LogP contribution is -2.47. The van der Waals surface area contributed by atoms with E-state index in [9.17, 15) is 4.79 Å². The average Bonchev–Trinajstić information content (AvgIpc) is 2.54. The van der Waals surface area contributed by atoms with Gasteiger partial charge in [-0.3, -0.25) is 9.69 Å². The molecule has 1 amide bonds. The number of nitrogens with zero attached hydrogens (tertiary/aromatic N) is 1. The van der Waals surface area contributed by atoms with Gasteiger partial charge in [0.1, 0.15) is 11.5 Å². The molecule has 1 fully saturated rings. The fourth-order valence-electron chi connectivity index (χ4n) is 2.62. The molecule has 1 heterocycles. The van der Waals surface area contributed by atoms with Crippen molar-refractivity contribution < 1.29 is 14.3 Å². The maximum Gasteiger partial charge on any atom is 0.234 e. The number of rotatable bonds is 6. The van der Waals surface area contributed by atoms with Gasteiger partial charge in [-0.1, -0.05) is 0 Å². The number of hydrogen-bond donors (Lipinski definition) is 2. The van der Waals surface area contributed by atoms with Crippen LogP contribution in [0.15, 0.2) is 18.2 Å². The summed E-state index contributed by atoms with van der Waals surface area (Å²) in [4.78, 5) is 14.4. The molecule has 0 radical (unpaired) electrons. The molecule has 1 atom stereocenters. The zero-order valence-electron chi connectivity index (χ0n) is 13.5. The Labute approximate surface area is 131 Å². The van der Waals surface area contributed by atoms with E-state index in [1.165, 1.54) is 0 Å². The Morgan fingerprint density at radius 1 is 1.32 bits per heavy atom. The quantitative estimate of drug-likeness (QED) is 0.813. The molecule has 1 aromatic rings. The molecule has 1 aliphatic heterocycles. The molecule has 6 heteroatoms. The molecule has 2 rings (SSSR count). The zero-order valence-corrected chi connectivity index (χ0v) is 13.5. The molecule has 1 saturated heterocycles. The van der Waals surface area contributed by atoms with E-state index < -0.39 is 0 Å². The van der Waals surface area contributed by atoms with Crippen molar-refractivity contribution in [2.45, 2.75) is 13.0 Å². The Morgan fingerprint density at radius 3 is 2.68 bits per heavy atom. The molecule has 0 saturated carbocycles. The summed E-state index contributed by atoms with van der Waals surface area (Å²) in [5, 5.41) is 6.31. The highest BCUT2D eigenvalue weighted by Crippen LogP contribution is 2.29. The van der Waals surface area contributed by atoms with Gasteiger partial charge in [0.15, 0.2) is 0 Å². The summed E-state index contributed by atoms with van der Waals surface area (Å²) in [7, 11) is 3.25. The van der Waals surface area contributed by atoms with Crippen molar-refractivity contribution >= 4 is 5.91 Å². The molecule has 1 aliphatic rings. The number of benzene rings is 1. The second-order valence-electron chi connectivity index (χ2n) is 5.42. The lowest BCUT2D eigenvalue weighted by atomic mass is 10.1. The minimum Gasteiger partial charge on any atom is -0.497 e. The van der Waals surface area contributed by atoms with E-state index >= 15 is 0 Å². The molecule has 122 valence electrons. The van der Waals surface area contributed by atoms with Crippen LogP contribution >= 0.6 is 0 Å². The van der Waals surface area contributed by atoms with E-state index in [0.29, 0.717) is 6.54 Å². The van der Waals surface area contributed by atoms with E-state index in [0.717, 1.165) is 43.2 Å². The number of carbonyl (C=O) groups is 1. The third kappa shape index (κ3) is 4.35. The Kier molecular flexibility index (Phi) is 6.03. The summed E-state index contributed by atoms with van der Waals surface area (Å²) in [6, 6.07) is 5.46. The van der Waals surface area contributed by atoms with Crippen LogP contribution in [0.5, 0.6) is 11.5 Å². The highest BCUT2D eigenvalue weighted by atomic mass is 16.5. The van der Waals surface area contributed by atoms with Crippen LogP contribution in [0.1, 0.15) is 18.5 Å². The Balaban J connectivity index is 1.98. The van der Waals surface area contributed by atoms with Crippen molar-refractivity contribution in [3.63, 3.8) is 0 Å². The lowest BCUT2D eigenvalue weighted by Gasteiger charge is -2.27. The van der Waals surface area contributed by atoms with E-state index in [2.05, 4.69) is 15.5 Å². The zero-order chi connectivity index (χ0) is 15.9. The number of amides is 1. The third-order valence-electron chi connectivity index (χ3n) is 3.86. The van der Waals surface area contributed by atoms with Gasteiger partial charge in [-0.15, -0.1) is 0 Å². The minimum absolute atomic E-state index is 0.0271. The fraction of sp³-hybridized carbons (Fsp3) is 0.562. The largest absolute Gasteiger partial charge is 0.497 e. The molecule has 22 heavy (non-hydrogen) atoms. The monoisotopic (exact) mass is 307 g/mol. The van der Waals surface area contributed by atoms with Crippen molar-refractivity contribution in [3.8, 4) is 11.5 Å². The van der Waals surface area contributed by atoms with Gasteiger partial charge in [0.05, 0.1) is 26.8 Å². The van der Waals surface area contributed by atoms with Gasteiger partial charge in [0.2, 0.25) is 5.91 Å². The average molecular weight is 307 g/mol. The van der Waals surface area contributed by atoms with Crippen LogP contribution in [-0.2, 0) is 4.79 Å². The van der Waals surface area contributed by atoms with Gasteiger partial charge in [0.25, 0.3) is 0 Å². The van der Waals surface area contributed by atoms with Crippen LogP contribution in [0, 0.1) is 0 Å². The van der Waals surface area contributed by atoms with Crippen LogP contribution in [0.2, 0.25) is 0 Å². The summed E-state index contributed by atoms with van der Waals surface area (Å²) in [6.07, 6.45) is 0. The maximum absolute atomic E-state index is 12.2. The van der Waals surface area contributed by atoms with Gasteiger partial charge >= 0.3 is 0 Å². The van der Waals surface area contributed by atoms with Crippen LogP contribution < -0.4 is 20.1 Å². The number of hydrogen-bond acceptors (Lipinski definition) is 5. The van der Waals surface area contributed by atoms with E-state index in [1.54, 1.807) is 14.2 Å². The molecule has 0 aliphatic carbocycles. The molecular weight excluding hydrogens is 282 g/mol. The predicted molar refractivity (Wildman–Crippen MR) is 85.4 cm³/mol. The van der Waals surface area contributed by atoms with Gasteiger partial charge in [-0.25, -0.2) is 0 Å². The molecular formula is C16H25N3O3. The number of carbonyl (C=O) groups excluding carboxylic acids is 1. The van der Waals surface area contributed by atoms with Gasteiger partial charge in [0, 0.05) is 31.7 Å². The smallest absolute Gasteiger partial charge is 0.234 e. The predicted octanol–water partition coefficient (Wildman–Crippen LogP) is 0.786. The van der Waals surface area contributed by atoms with E-state index in [-0.39, 0.29) is 11.9 Å². The van der Waals surface area contributed by atoms with Gasteiger partial charge in [-0.2, -0.15) is 0 Å². The Hall–Kier alpha value is -1.79. The van der Waals surface area contributed by atoms with Gasteiger partial charge in [-0.05, 0) is 25.1 Å². The standard InChI is InChI=1S/C16H25N3O3/c1-12(14-10-13(21-2)4-5-15(14)22-3)18-16(20)11-19-8-6-17-7-9-19/h4-5,10,12,17H,6-9,11H2,1-3H3,(H,18,20). The molecule has 2 N–H and O–H groups in total. The second kappa shape index (κ2) is 8.00. The number of piperazine rings is 1. The highest BCUT2D eigenvalue weighted by Gasteiger charge is 2.18. The van der Waals surface area contributed by atoms with Crippen LogP contribution in [-0.4, -0.2) is 57.8 Å². The first kappa shape index (κ1) is 16.6. The first-order chi connectivity index (χ1) is 10.6. The molecule has 1 unspecified atom stereocenters. The summed E-state index contributed by atoms with van der Waals surface area (Å²) in [6.45, 7) is 6.07. The van der Waals surface area contributed by atoms with E-state index in [1.807, 2.05) is 25.1 Å². The van der Waals surface area contributed by atoms with Crippen molar-refractivity contribution in [3.05, 3.63) is 23.8 Å². The van der Waals surface area contributed by atoms with Crippen LogP contribution in [0.4, 0.5) is 0 Å². The topological polar surface area (TPSA) is 62.8 Å². The molecule has 6 nitrogen and oxygen atoms in total. The number of methoxy groups -OCH3 is 2. The third-order valence-corrected chi connectivity index (χ3v) is 3.86. The van der Waals surface area contributed by atoms with E-state index in [4.69, 9.17) is 9.47 Å². The minimum atomic E-state index is -0.138.